The van der Waals surface area contributed by atoms with Crippen LogP contribution in [0.25, 0.3) is 0 Å². The summed E-state index contributed by atoms with van der Waals surface area (Å²) < 4.78 is 5.48. The van der Waals surface area contributed by atoms with Crippen molar-refractivity contribution in [3.63, 3.8) is 0 Å². The van der Waals surface area contributed by atoms with E-state index in [2.05, 4.69) is 24.1 Å². The molecule has 0 radical (unpaired) electrons. The number of likely N-dealkylation sites (N-methyl/N-ethyl adjacent to an activating group) is 1. The summed E-state index contributed by atoms with van der Waals surface area (Å²) in [6.45, 7) is 6.41. The lowest BCUT2D eigenvalue weighted by Gasteiger charge is -2.18. The Labute approximate surface area is 124 Å². The van der Waals surface area contributed by atoms with E-state index in [-0.39, 0.29) is 0 Å². The van der Waals surface area contributed by atoms with Crippen molar-refractivity contribution in [1.82, 2.24) is 10.3 Å². The number of pyridine rings is 1. The van der Waals surface area contributed by atoms with E-state index < -0.39 is 0 Å². The van der Waals surface area contributed by atoms with Gasteiger partial charge in [0.15, 0.2) is 0 Å². The van der Waals surface area contributed by atoms with Crippen LogP contribution in [-0.2, 0) is 6.42 Å². The van der Waals surface area contributed by atoms with Gasteiger partial charge in [-0.3, -0.25) is 4.98 Å². The minimum atomic E-state index is 0.505. The van der Waals surface area contributed by atoms with Gasteiger partial charge in [-0.2, -0.15) is 0 Å². The average molecular weight is 278 g/mol. The molecule has 0 saturated carbocycles. The smallest absolute Gasteiger partial charge is 0.128 e. The Hall–Kier alpha value is -1.09. The van der Waals surface area contributed by atoms with Crippen LogP contribution >= 0.6 is 0 Å². The molecule has 1 aromatic rings. The minimum Gasteiger partial charge on any atom is -0.496 e. The number of hydrogen-bond donors (Lipinski definition) is 1. The van der Waals surface area contributed by atoms with Gasteiger partial charge in [0.05, 0.1) is 7.11 Å². The summed E-state index contributed by atoms with van der Waals surface area (Å²) in [4.78, 5) is 4.60. The summed E-state index contributed by atoms with van der Waals surface area (Å²) in [7, 11) is 3.78. The van der Waals surface area contributed by atoms with Gasteiger partial charge in [0.1, 0.15) is 5.75 Å². The normalized spacial score (nSPS) is 12.4. The van der Waals surface area contributed by atoms with Crippen molar-refractivity contribution in [3.8, 4) is 5.75 Å². The largest absolute Gasteiger partial charge is 0.496 e. The van der Waals surface area contributed by atoms with Crippen molar-refractivity contribution in [2.75, 3.05) is 14.2 Å². The molecule has 0 aliphatic carbocycles. The van der Waals surface area contributed by atoms with Crippen molar-refractivity contribution in [2.24, 2.45) is 0 Å². The van der Waals surface area contributed by atoms with Crippen molar-refractivity contribution in [2.45, 2.75) is 65.3 Å². The second-order valence-corrected chi connectivity index (χ2v) is 5.59. The second kappa shape index (κ2) is 8.96. The van der Waals surface area contributed by atoms with Crippen LogP contribution in [-0.4, -0.2) is 25.2 Å². The summed E-state index contributed by atoms with van der Waals surface area (Å²) in [5, 5.41) is 3.43. The zero-order chi connectivity index (χ0) is 15.0. The van der Waals surface area contributed by atoms with E-state index in [1.54, 1.807) is 7.11 Å². The van der Waals surface area contributed by atoms with E-state index in [4.69, 9.17) is 4.74 Å². The number of aryl methyl sites for hydroxylation is 1. The Bertz CT molecular complexity index is 404. The summed E-state index contributed by atoms with van der Waals surface area (Å²) >= 11 is 0. The Balaban J connectivity index is 2.65. The topological polar surface area (TPSA) is 34.1 Å². The van der Waals surface area contributed by atoms with Crippen LogP contribution in [0.4, 0.5) is 0 Å². The summed E-state index contributed by atoms with van der Waals surface area (Å²) in [5.41, 5.74) is 3.45. The highest BCUT2D eigenvalue weighted by atomic mass is 16.5. The Morgan fingerprint density at radius 3 is 2.60 bits per heavy atom. The summed E-state index contributed by atoms with van der Waals surface area (Å²) in [6.07, 6.45) is 9.37. The Morgan fingerprint density at radius 1 is 1.25 bits per heavy atom. The molecule has 0 fully saturated rings. The van der Waals surface area contributed by atoms with Gasteiger partial charge in [0.25, 0.3) is 0 Å². The predicted molar refractivity (Wildman–Crippen MR) is 85.6 cm³/mol. The molecule has 1 unspecified atom stereocenters. The Morgan fingerprint density at radius 2 is 2.00 bits per heavy atom. The van der Waals surface area contributed by atoms with Crippen molar-refractivity contribution < 1.29 is 4.74 Å². The molecule has 1 N–H and O–H groups in total. The molecule has 0 spiro atoms. The molecule has 0 saturated heterocycles. The number of methoxy groups -OCH3 is 1. The van der Waals surface area contributed by atoms with E-state index in [1.165, 1.54) is 37.7 Å². The lowest BCUT2D eigenvalue weighted by atomic mass is 10.00. The van der Waals surface area contributed by atoms with Crippen molar-refractivity contribution >= 4 is 0 Å². The van der Waals surface area contributed by atoms with Crippen LogP contribution in [0.1, 0.15) is 55.8 Å². The fourth-order valence-electron chi connectivity index (χ4n) is 2.68. The molecule has 1 heterocycles. The first-order valence-corrected chi connectivity index (χ1v) is 7.80. The third kappa shape index (κ3) is 4.78. The highest BCUT2D eigenvalue weighted by Gasteiger charge is 2.14. The SMILES string of the molecule is CCCCCCC(Cc1ncc(C)c(OC)c1C)NC. The molecular formula is C17H30N2O. The quantitative estimate of drug-likeness (QED) is 0.698. The van der Waals surface area contributed by atoms with Crippen LogP contribution in [0.15, 0.2) is 6.20 Å². The van der Waals surface area contributed by atoms with Crippen LogP contribution in [0.2, 0.25) is 0 Å². The van der Waals surface area contributed by atoms with Gasteiger partial charge < -0.3 is 10.1 Å². The van der Waals surface area contributed by atoms with Gasteiger partial charge in [-0.1, -0.05) is 32.6 Å². The van der Waals surface area contributed by atoms with Crippen LogP contribution < -0.4 is 10.1 Å². The highest BCUT2D eigenvalue weighted by Crippen LogP contribution is 2.25. The van der Waals surface area contributed by atoms with Gasteiger partial charge >= 0.3 is 0 Å². The van der Waals surface area contributed by atoms with E-state index in [1.807, 2.05) is 20.2 Å². The zero-order valence-electron chi connectivity index (χ0n) is 13.8. The number of nitrogens with one attached hydrogen (secondary N) is 1. The molecule has 114 valence electrons. The first kappa shape index (κ1) is 17.0. The molecule has 3 nitrogen and oxygen atoms in total. The van der Waals surface area contributed by atoms with Gasteiger partial charge in [-0.25, -0.2) is 0 Å². The zero-order valence-corrected chi connectivity index (χ0v) is 13.8. The molecule has 0 aliphatic rings. The molecule has 1 atom stereocenters. The summed E-state index contributed by atoms with van der Waals surface area (Å²) in [6, 6.07) is 0.505. The van der Waals surface area contributed by atoms with E-state index >= 15 is 0 Å². The minimum absolute atomic E-state index is 0.505. The Kier molecular flexibility index (Phi) is 7.60. The molecule has 0 aliphatic heterocycles. The van der Waals surface area contributed by atoms with Gasteiger partial charge in [0, 0.05) is 35.5 Å². The number of nitrogens with zero attached hydrogens (tertiary/aromatic N) is 1. The number of aromatic nitrogens is 1. The average Bonchev–Trinajstić information content (AvgIpc) is 2.45. The molecule has 1 rings (SSSR count). The monoisotopic (exact) mass is 278 g/mol. The third-order valence-corrected chi connectivity index (χ3v) is 4.00. The van der Waals surface area contributed by atoms with Gasteiger partial charge in [-0.15, -0.1) is 0 Å². The molecule has 0 bridgehead atoms. The molecule has 0 aromatic carbocycles. The predicted octanol–water partition coefficient (Wildman–Crippen LogP) is 3.81. The first-order valence-electron chi connectivity index (χ1n) is 7.80. The molecule has 3 heteroatoms. The lowest BCUT2D eigenvalue weighted by Crippen LogP contribution is -2.28. The fourth-order valence-corrected chi connectivity index (χ4v) is 2.68. The highest BCUT2D eigenvalue weighted by molar-refractivity contribution is 5.41. The maximum Gasteiger partial charge on any atom is 0.128 e. The van der Waals surface area contributed by atoms with Crippen LogP contribution in [0.3, 0.4) is 0 Å². The van der Waals surface area contributed by atoms with E-state index in [0.717, 1.165) is 23.4 Å². The first-order chi connectivity index (χ1) is 9.63. The number of ether oxygens (including phenoxy) is 1. The summed E-state index contributed by atoms with van der Waals surface area (Å²) in [5.74, 6) is 0.982. The number of rotatable bonds is 9. The number of unbranched alkanes of at least 4 members (excludes halogenated alkanes) is 3. The van der Waals surface area contributed by atoms with Crippen LogP contribution in [0, 0.1) is 13.8 Å². The fraction of sp³-hybridized carbons (Fsp3) is 0.706. The van der Waals surface area contributed by atoms with Gasteiger partial charge in [-0.05, 0) is 27.3 Å². The molecule has 0 amide bonds. The standard InChI is InChI=1S/C17H30N2O/c1-6-7-8-9-10-15(18-4)11-16-14(3)17(20-5)13(2)12-19-16/h12,15,18H,6-11H2,1-5H3. The molecular weight excluding hydrogens is 248 g/mol. The van der Waals surface area contributed by atoms with Crippen LogP contribution in [0.5, 0.6) is 5.75 Å². The maximum absolute atomic E-state index is 5.48. The molecule has 1 aromatic heterocycles. The molecule has 20 heavy (non-hydrogen) atoms. The van der Waals surface area contributed by atoms with E-state index in [9.17, 15) is 0 Å². The van der Waals surface area contributed by atoms with Gasteiger partial charge in [0.2, 0.25) is 0 Å². The number of hydrogen-bond acceptors (Lipinski definition) is 3. The van der Waals surface area contributed by atoms with E-state index in [0.29, 0.717) is 6.04 Å². The lowest BCUT2D eigenvalue weighted by molar-refractivity contribution is 0.405. The maximum atomic E-state index is 5.48. The van der Waals surface area contributed by atoms with Crippen molar-refractivity contribution in [1.29, 1.82) is 0 Å². The second-order valence-electron chi connectivity index (χ2n) is 5.59. The van der Waals surface area contributed by atoms with Crippen molar-refractivity contribution in [3.05, 3.63) is 23.0 Å². The third-order valence-electron chi connectivity index (χ3n) is 4.00.